The summed E-state index contributed by atoms with van der Waals surface area (Å²) in [5, 5.41) is 3.45. The van der Waals surface area contributed by atoms with Crippen LogP contribution in [0.25, 0.3) is 0 Å². The van der Waals surface area contributed by atoms with E-state index in [1.807, 2.05) is 13.1 Å². The summed E-state index contributed by atoms with van der Waals surface area (Å²) in [7, 11) is 1.99. The van der Waals surface area contributed by atoms with Gasteiger partial charge in [-0.15, -0.1) is 0 Å². The van der Waals surface area contributed by atoms with Gasteiger partial charge in [0, 0.05) is 6.04 Å². The van der Waals surface area contributed by atoms with Crippen LogP contribution in [0.15, 0.2) is 36.4 Å². The molecule has 0 saturated heterocycles. The summed E-state index contributed by atoms with van der Waals surface area (Å²) < 4.78 is 19.1. The largest absolute Gasteiger partial charge is 0.489 e. The highest BCUT2D eigenvalue weighted by Crippen LogP contribution is 2.33. The Morgan fingerprint density at radius 2 is 2.14 bits per heavy atom. The molecule has 0 amide bonds. The van der Waals surface area contributed by atoms with E-state index in [-0.39, 0.29) is 5.02 Å². The zero-order valence-corrected chi connectivity index (χ0v) is 12.6. The van der Waals surface area contributed by atoms with Crippen LogP contribution in [0.5, 0.6) is 5.75 Å². The molecule has 1 atom stereocenters. The number of ether oxygens (including phenoxy) is 1. The van der Waals surface area contributed by atoms with E-state index >= 15 is 0 Å². The Balaban J connectivity index is 1.70. The standard InChI is InChI=1S/C17H17ClFNO/c1-20-17-7-3-12-9-13(4-5-14(12)17)21-10-11-2-6-15(18)16(19)8-11/h2,4-6,8-9,17,20H,3,7,10H2,1H3. The van der Waals surface area contributed by atoms with E-state index in [4.69, 9.17) is 16.3 Å². The molecule has 1 aliphatic rings. The first-order valence-electron chi connectivity index (χ1n) is 7.04. The maximum atomic E-state index is 13.4. The summed E-state index contributed by atoms with van der Waals surface area (Å²) >= 11 is 5.67. The molecule has 2 aromatic rings. The topological polar surface area (TPSA) is 21.3 Å². The summed E-state index contributed by atoms with van der Waals surface area (Å²) in [6, 6.07) is 11.3. The van der Waals surface area contributed by atoms with Gasteiger partial charge in [0.25, 0.3) is 0 Å². The minimum atomic E-state index is -0.413. The van der Waals surface area contributed by atoms with Crippen LogP contribution in [0, 0.1) is 5.82 Å². The number of fused-ring (bicyclic) bond motifs is 1. The van der Waals surface area contributed by atoms with Crippen molar-refractivity contribution in [2.24, 2.45) is 0 Å². The molecule has 0 saturated carbocycles. The van der Waals surface area contributed by atoms with Crippen molar-refractivity contribution < 1.29 is 9.13 Å². The molecule has 0 aromatic heterocycles. The molecule has 1 N–H and O–H groups in total. The molecule has 0 fully saturated rings. The molecular weight excluding hydrogens is 289 g/mol. The number of hydrogen-bond acceptors (Lipinski definition) is 2. The Labute approximate surface area is 128 Å². The number of hydrogen-bond donors (Lipinski definition) is 1. The zero-order chi connectivity index (χ0) is 14.8. The van der Waals surface area contributed by atoms with Gasteiger partial charge in [-0.25, -0.2) is 4.39 Å². The van der Waals surface area contributed by atoms with Crippen LogP contribution >= 0.6 is 11.6 Å². The van der Waals surface area contributed by atoms with E-state index in [0.717, 1.165) is 24.2 Å². The minimum absolute atomic E-state index is 0.134. The van der Waals surface area contributed by atoms with Crippen molar-refractivity contribution in [1.82, 2.24) is 5.32 Å². The predicted molar refractivity (Wildman–Crippen MR) is 82.3 cm³/mol. The summed E-state index contributed by atoms with van der Waals surface area (Å²) in [4.78, 5) is 0. The van der Waals surface area contributed by atoms with Crippen molar-refractivity contribution in [3.8, 4) is 5.75 Å². The lowest BCUT2D eigenvalue weighted by atomic mass is 10.1. The van der Waals surface area contributed by atoms with Crippen molar-refractivity contribution in [3.05, 3.63) is 63.9 Å². The van der Waals surface area contributed by atoms with Gasteiger partial charge in [0.05, 0.1) is 5.02 Å². The van der Waals surface area contributed by atoms with E-state index in [2.05, 4.69) is 17.4 Å². The third-order valence-electron chi connectivity index (χ3n) is 3.93. The van der Waals surface area contributed by atoms with Gasteiger partial charge in [0.15, 0.2) is 0 Å². The molecule has 2 aromatic carbocycles. The maximum Gasteiger partial charge on any atom is 0.142 e. The number of rotatable bonds is 4. The fraction of sp³-hybridized carbons (Fsp3) is 0.294. The summed E-state index contributed by atoms with van der Waals surface area (Å²) in [5.74, 6) is 0.407. The molecular formula is C17H17ClFNO. The van der Waals surface area contributed by atoms with E-state index < -0.39 is 5.82 Å². The van der Waals surface area contributed by atoms with Crippen molar-refractivity contribution >= 4 is 11.6 Å². The van der Waals surface area contributed by atoms with Gasteiger partial charge in [-0.1, -0.05) is 23.7 Å². The van der Waals surface area contributed by atoms with E-state index in [1.54, 1.807) is 12.1 Å². The van der Waals surface area contributed by atoms with E-state index in [1.165, 1.54) is 17.2 Å². The molecule has 21 heavy (non-hydrogen) atoms. The molecule has 0 bridgehead atoms. The quantitative estimate of drug-likeness (QED) is 0.911. The zero-order valence-electron chi connectivity index (χ0n) is 11.8. The lowest BCUT2D eigenvalue weighted by Crippen LogP contribution is -2.12. The molecule has 1 unspecified atom stereocenters. The van der Waals surface area contributed by atoms with Crippen molar-refractivity contribution in [1.29, 1.82) is 0 Å². The molecule has 0 heterocycles. The molecule has 2 nitrogen and oxygen atoms in total. The monoisotopic (exact) mass is 305 g/mol. The molecule has 4 heteroatoms. The van der Waals surface area contributed by atoms with Crippen molar-refractivity contribution in [3.63, 3.8) is 0 Å². The average molecular weight is 306 g/mol. The third kappa shape index (κ3) is 3.04. The first-order valence-corrected chi connectivity index (χ1v) is 7.42. The number of aryl methyl sites for hydroxylation is 1. The van der Waals surface area contributed by atoms with Crippen LogP contribution in [-0.4, -0.2) is 7.05 Å². The highest BCUT2D eigenvalue weighted by atomic mass is 35.5. The van der Waals surface area contributed by atoms with E-state index in [9.17, 15) is 4.39 Å². The van der Waals surface area contributed by atoms with Crippen LogP contribution in [0.1, 0.15) is 29.2 Å². The van der Waals surface area contributed by atoms with Gasteiger partial charge in [-0.05, 0) is 60.8 Å². The molecule has 0 aliphatic heterocycles. The number of halogens is 2. The van der Waals surface area contributed by atoms with Crippen molar-refractivity contribution in [2.75, 3.05) is 7.05 Å². The highest BCUT2D eigenvalue weighted by molar-refractivity contribution is 6.30. The predicted octanol–water partition coefficient (Wildman–Crippen LogP) is 4.26. The van der Waals surface area contributed by atoms with Gasteiger partial charge in [-0.2, -0.15) is 0 Å². The smallest absolute Gasteiger partial charge is 0.142 e. The Morgan fingerprint density at radius 1 is 1.29 bits per heavy atom. The lowest BCUT2D eigenvalue weighted by Gasteiger charge is -2.11. The molecule has 0 radical (unpaired) electrons. The van der Waals surface area contributed by atoms with Crippen LogP contribution in [0.4, 0.5) is 4.39 Å². The van der Waals surface area contributed by atoms with Gasteiger partial charge >= 0.3 is 0 Å². The Bertz CT molecular complexity index is 659. The maximum absolute atomic E-state index is 13.4. The number of nitrogens with one attached hydrogen (secondary N) is 1. The van der Waals surface area contributed by atoms with Crippen LogP contribution in [-0.2, 0) is 13.0 Å². The van der Waals surface area contributed by atoms with E-state index in [0.29, 0.717) is 12.6 Å². The summed E-state index contributed by atoms with van der Waals surface area (Å²) in [6.07, 6.45) is 2.19. The fourth-order valence-corrected chi connectivity index (χ4v) is 2.90. The van der Waals surface area contributed by atoms with Crippen LogP contribution in [0.3, 0.4) is 0 Å². The lowest BCUT2D eigenvalue weighted by molar-refractivity contribution is 0.305. The van der Waals surface area contributed by atoms with Crippen LogP contribution < -0.4 is 10.1 Å². The second kappa shape index (κ2) is 6.04. The van der Waals surface area contributed by atoms with Crippen molar-refractivity contribution in [2.45, 2.75) is 25.5 Å². The average Bonchev–Trinajstić information content (AvgIpc) is 2.90. The first kappa shape index (κ1) is 14.4. The van der Waals surface area contributed by atoms with Gasteiger partial charge in [0.1, 0.15) is 18.2 Å². The Kier molecular flexibility index (Phi) is 4.13. The van der Waals surface area contributed by atoms with Gasteiger partial charge < -0.3 is 10.1 Å². The number of benzene rings is 2. The fourth-order valence-electron chi connectivity index (χ4n) is 2.78. The minimum Gasteiger partial charge on any atom is -0.489 e. The second-order valence-corrected chi connectivity index (χ2v) is 5.68. The molecule has 1 aliphatic carbocycles. The summed E-state index contributed by atoms with van der Waals surface area (Å²) in [5.41, 5.74) is 3.45. The SMILES string of the molecule is CNC1CCc2cc(OCc3ccc(Cl)c(F)c3)ccc21. The summed E-state index contributed by atoms with van der Waals surface area (Å²) in [6.45, 7) is 0.336. The Morgan fingerprint density at radius 3 is 2.90 bits per heavy atom. The third-order valence-corrected chi connectivity index (χ3v) is 4.24. The highest BCUT2D eigenvalue weighted by Gasteiger charge is 2.21. The Hall–Kier alpha value is -1.58. The normalized spacial score (nSPS) is 16.8. The first-order chi connectivity index (χ1) is 10.2. The molecule has 110 valence electrons. The molecule has 3 rings (SSSR count). The van der Waals surface area contributed by atoms with Crippen LogP contribution in [0.2, 0.25) is 5.02 Å². The second-order valence-electron chi connectivity index (χ2n) is 5.28. The molecule has 0 spiro atoms. The van der Waals surface area contributed by atoms with Gasteiger partial charge in [-0.3, -0.25) is 0 Å². The van der Waals surface area contributed by atoms with Gasteiger partial charge in [0.2, 0.25) is 0 Å².